The third-order valence-corrected chi connectivity index (χ3v) is 10.1. The molecule has 0 heterocycles. The number of hydrogen-bond donors (Lipinski definition) is 0. The second-order valence-electron chi connectivity index (χ2n) is 11.9. The maximum Gasteiger partial charge on any atom is 0.0215 e. The first kappa shape index (κ1) is 26.6. The molecule has 0 fully saturated rings. The lowest BCUT2D eigenvalue weighted by Gasteiger charge is -2.33. The molecule has 0 spiro atoms. The minimum atomic E-state index is 0.0924. The SMILES string of the molecule is CCCC1(CCC)c2ccccc2-c2ccc(-c3ccc4c(c3)C(CCC)(CCC)c3cc(Br)ccc3-4)cc21. The molecule has 0 unspecified atom stereocenters. The summed E-state index contributed by atoms with van der Waals surface area (Å²) in [4.78, 5) is 0. The van der Waals surface area contributed by atoms with E-state index in [0.717, 1.165) is 0 Å². The van der Waals surface area contributed by atoms with Crippen LogP contribution in [-0.2, 0) is 10.8 Å². The van der Waals surface area contributed by atoms with Crippen LogP contribution in [0, 0.1) is 0 Å². The number of hydrogen-bond acceptors (Lipinski definition) is 0. The summed E-state index contributed by atoms with van der Waals surface area (Å²) in [5.74, 6) is 0. The van der Waals surface area contributed by atoms with Crippen LogP contribution in [0.5, 0.6) is 0 Å². The van der Waals surface area contributed by atoms with E-state index in [0.29, 0.717) is 0 Å². The number of halogens is 1. The summed E-state index contributed by atoms with van der Waals surface area (Å²) in [6.07, 6.45) is 9.55. The highest BCUT2D eigenvalue weighted by molar-refractivity contribution is 9.10. The predicted molar refractivity (Wildman–Crippen MR) is 172 cm³/mol. The minimum absolute atomic E-state index is 0.0924. The molecular formula is C38H41Br. The molecule has 0 saturated carbocycles. The highest BCUT2D eigenvalue weighted by atomic mass is 79.9. The summed E-state index contributed by atoms with van der Waals surface area (Å²) in [6.45, 7) is 9.38. The van der Waals surface area contributed by atoms with E-state index in [-0.39, 0.29) is 10.8 Å². The highest BCUT2D eigenvalue weighted by Crippen LogP contribution is 2.57. The third kappa shape index (κ3) is 3.99. The maximum atomic E-state index is 3.79. The Labute approximate surface area is 244 Å². The molecule has 0 bridgehead atoms. The van der Waals surface area contributed by atoms with Crippen molar-refractivity contribution in [1.29, 1.82) is 0 Å². The molecule has 1 heteroatoms. The van der Waals surface area contributed by atoms with Gasteiger partial charge in [0.15, 0.2) is 0 Å². The van der Waals surface area contributed by atoms with Gasteiger partial charge in [0.25, 0.3) is 0 Å². The molecule has 0 nitrogen and oxygen atoms in total. The molecule has 0 radical (unpaired) electrons. The summed E-state index contributed by atoms with van der Waals surface area (Å²) < 4.78 is 1.19. The second kappa shape index (κ2) is 10.4. The number of benzene rings is 4. The second-order valence-corrected chi connectivity index (χ2v) is 12.8. The van der Waals surface area contributed by atoms with Gasteiger partial charge in [0.2, 0.25) is 0 Å². The summed E-state index contributed by atoms with van der Waals surface area (Å²) in [7, 11) is 0. The first-order valence-electron chi connectivity index (χ1n) is 15.2. The zero-order valence-corrected chi connectivity index (χ0v) is 25.6. The van der Waals surface area contributed by atoms with Crippen molar-refractivity contribution >= 4 is 15.9 Å². The van der Waals surface area contributed by atoms with E-state index >= 15 is 0 Å². The molecule has 0 atom stereocenters. The summed E-state index contributed by atoms with van der Waals surface area (Å²) in [5.41, 5.74) is 14.8. The molecule has 6 rings (SSSR count). The molecule has 0 aromatic heterocycles. The topological polar surface area (TPSA) is 0 Å². The van der Waals surface area contributed by atoms with Crippen LogP contribution in [0.25, 0.3) is 33.4 Å². The van der Waals surface area contributed by atoms with Crippen LogP contribution in [0.3, 0.4) is 0 Å². The van der Waals surface area contributed by atoms with Gasteiger partial charge in [-0.15, -0.1) is 0 Å². The lowest BCUT2D eigenvalue weighted by Crippen LogP contribution is -2.25. The molecule has 0 aliphatic heterocycles. The third-order valence-electron chi connectivity index (χ3n) is 9.63. The molecule has 0 N–H and O–H groups in total. The Bertz CT molecular complexity index is 1510. The standard InChI is InChI=1S/C38H41Br/c1-5-19-37(20-6-2)33-12-10-9-11-29(33)30-16-13-26(23-34(30)37)27-14-17-31-32-18-15-28(39)25-36(32)38(21-7-3,22-8-4)35(31)24-27/h9-18,23-25H,5-8,19-22H2,1-4H3. The van der Waals surface area contributed by atoms with Crippen molar-refractivity contribution in [3.63, 3.8) is 0 Å². The van der Waals surface area contributed by atoms with Gasteiger partial charge in [-0.3, -0.25) is 0 Å². The van der Waals surface area contributed by atoms with Gasteiger partial charge in [0, 0.05) is 15.3 Å². The lowest BCUT2D eigenvalue weighted by molar-refractivity contribution is 0.435. The normalized spacial score (nSPS) is 15.5. The Balaban J connectivity index is 1.53. The first-order chi connectivity index (χ1) is 19.0. The molecule has 2 aliphatic rings. The summed E-state index contributed by atoms with van der Waals surface area (Å²) in [5, 5.41) is 0. The average Bonchev–Trinajstić information content (AvgIpc) is 3.36. The van der Waals surface area contributed by atoms with Crippen molar-refractivity contribution in [1.82, 2.24) is 0 Å². The molecule has 0 amide bonds. The summed E-state index contributed by atoms with van der Waals surface area (Å²) in [6, 6.07) is 30.8. The van der Waals surface area contributed by atoms with Crippen molar-refractivity contribution in [3.8, 4) is 33.4 Å². The zero-order chi connectivity index (χ0) is 27.2. The van der Waals surface area contributed by atoms with Gasteiger partial charge in [-0.2, -0.15) is 0 Å². The van der Waals surface area contributed by atoms with Crippen molar-refractivity contribution < 1.29 is 0 Å². The fourth-order valence-electron chi connectivity index (χ4n) is 8.32. The van der Waals surface area contributed by atoms with Crippen LogP contribution in [0.4, 0.5) is 0 Å². The first-order valence-corrected chi connectivity index (χ1v) is 16.0. The van der Waals surface area contributed by atoms with E-state index < -0.39 is 0 Å². The Morgan fingerprint density at radius 2 is 0.872 bits per heavy atom. The van der Waals surface area contributed by atoms with Crippen LogP contribution in [-0.4, -0.2) is 0 Å². The number of fused-ring (bicyclic) bond motifs is 6. The van der Waals surface area contributed by atoms with Gasteiger partial charge < -0.3 is 0 Å². The molecule has 4 aromatic carbocycles. The van der Waals surface area contributed by atoms with Gasteiger partial charge in [-0.25, -0.2) is 0 Å². The fraction of sp³-hybridized carbons (Fsp3) is 0.368. The molecular weight excluding hydrogens is 536 g/mol. The Morgan fingerprint density at radius 1 is 0.462 bits per heavy atom. The quantitative estimate of drug-likeness (QED) is 0.186. The Hall–Kier alpha value is -2.64. The van der Waals surface area contributed by atoms with E-state index in [9.17, 15) is 0 Å². The molecule has 200 valence electrons. The molecule has 4 aromatic rings. The van der Waals surface area contributed by atoms with Crippen LogP contribution < -0.4 is 0 Å². The van der Waals surface area contributed by atoms with Crippen LogP contribution in [0.15, 0.2) is 83.3 Å². The van der Waals surface area contributed by atoms with Gasteiger partial charge in [0.1, 0.15) is 0 Å². The molecule has 0 saturated heterocycles. The number of rotatable bonds is 9. The van der Waals surface area contributed by atoms with Crippen molar-refractivity contribution in [2.45, 2.75) is 89.9 Å². The molecule has 39 heavy (non-hydrogen) atoms. The van der Waals surface area contributed by atoms with Crippen LogP contribution in [0.1, 0.15) is 101 Å². The predicted octanol–water partition coefficient (Wildman–Crippen LogP) is 11.8. The Kier molecular flexibility index (Phi) is 7.09. The van der Waals surface area contributed by atoms with E-state index in [2.05, 4.69) is 122 Å². The maximum absolute atomic E-state index is 3.79. The summed E-state index contributed by atoms with van der Waals surface area (Å²) >= 11 is 3.79. The van der Waals surface area contributed by atoms with Gasteiger partial charge in [-0.1, -0.05) is 124 Å². The highest BCUT2D eigenvalue weighted by Gasteiger charge is 2.43. The van der Waals surface area contributed by atoms with Crippen LogP contribution >= 0.6 is 15.9 Å². The van der Waals surface area contributed by atoms with Gasteiger partial charge in [-0.05, 0) is 106 Å². The molecule has 2 aliphatic carbocycles. The van der Waals surface area contributed by atoms with Gasteiger partial charge >= 0.3 is 0 Å². The largest absolute Gasteiger partial charge is 0.0653 e. The van der Waals surface area contributed by atoms with Gasteiger partial charge in [0.05, 0.1) is 0 Å². The average molecular weight is 578 g/mol. The smallest absolute Gasteiger partial charge is 0.0215 e. The zero-order valence-electron chi connectivity index (χ0n) is 24.0. The lowest BCUT2D eigenvalue weighted by atomic mass is 9.70. The van der Waals surface area contributed by atoms with E-state index in [1.165, 1.54) is 100 Å². The van der Waals surface area contributed by atoms with E-state index in [1.807, 2.05) is 0 Å². The van der Waals surface area contributed by atoms with E-state index in [1.54, 1.807) is 11.1 Å². The van der Waals surface area contributed by atoms with E-state index in [4.69, 9.17) is 0 Å². The Morgan fingerprint density at radius 3 is 1.38 bits per heavy atom. The van der Waals surface area contributed by atoms with Crippen molar-refractivity contribution in [2.75, 3.05) is 0 Å². The van der Waals surface area contributed by atoms with Crippen LogP contribution in [0.2, 0.25) is 0 Å². The minimum Gasteiger partial charge on any atom is -0.0653 e. The van der Waals surface area contributed by atoms with Crippen molar-refractivity contribution in [3.05, 3.63) is 106 Å². The fourth-order valence-corrected chi connectivity index (χ4v) is 8.68. The monoisotopic (exact) mass is 576 g/mol. The van der Waals surface area contributed by atoms with Crippen molar-refractivity contribution in [2.24, 2.45) is 0 Å².